The van der Waals surface area contributed by atoms with Gasteiger partial charge in [-0.2, -0.15) is 0 Å². The summed E-state index contributed by atoms with van der Waals surface area (Å²) in [5.41, 5.74) is 6.05. The molecule has 0 aliphatic heterocycles. The van der Waals surface area contributed by atoms with Crippen LogP contribution in [0.5, 0.6) is 5.75 Å². The van der Waals surface area contributed by atoms with Crippen molar-refractivity contribution in [1.82, 2.24) is 0 Å². The molecule has 4 heteroatoms. The summed E-state index contributed by atoms with van der Waals surface area (Å²) in [4.78, 5) is 0. The summed E-state index contributed by atoms with van der Waals surface area (Å²) in [7, 11) is 0. The number of hydrogen-bond acceptors (Lipinski definition) is 2. The molecule has 0 aliphatic rings. The Bertz CT molecular complexity index is 248. The average molecular weight is 187 g/mol. The van der Waals surface area contributed by atoms with Crippen molar-refractivity contribution in [3.63, 3.8) is 0 Å². The highest BCUT2D eigenvalue weighted by Crippen LogP contribution is 2.13. The van der Waals surface area contributed by atoms with E-state index in [1.165, 1.54) is 0 Å². The van der Waals surface area contributed by atoms with Crippen LogP contribution in [-0.4, -0.2) is 13.0 Å². The lowest BCUT2D eigenvalue weighted by molar-refractivity contribution is 0.114. The van der Waals surface area contributed by atoms with E-state index in [1.54, 1.807) is 24.3 Å². The molecule has 0 heterocycles. The van der Waals surface area contributed by atoms with Gasteiger partial charge in [-0.05, 0) is 24.3 Å². The van der Waals surface area contributed by atoms with Gasteiger partial charge in [-0.25, -0.2) is 8.78 Å². The first-order chi connectivity index (χ1) is 6.18. The summed E-state index contributed by atoms with van der Waals surface area (Å²) in [6.07, 6.45) is -2.56. The van der Waals surface area contributed by atoms with Crippen molar-refractivity contribution in [2.45, 2.75) is 12.8 Å². The molecule has 1 aromatic rings. The van der Waals surface area contributed by atoms with Crippen molar-refractivity contribution >= 4 is 5.69 Å². The number of rotatable bonds is 4. The minimum atomic E-state index is -2.31. The lowest BCUT2D eigenvalue weighted by Gasteiger charge is -2.05. The molecule has 0 saturated heterocycles. The number of nitrogen functional groups attached to an aromatic ring is 1. The lowest BCUT2D eigenvalue weighted by atomic mass is 10.3. The van der Waals surface area contributed by atoms with Gasteiger partial charge in [-0.15, -0.1) is 0 Å². The molecule has 0 atom stereocenters. The van der Waals surface area contributed by atoms with Crippen LogP contribution < -0.4 is 10.5 Å². The van der Waals surface area contributed by atoms with Crippen molar-refractivity contribution in [3.05, 3.63) is 24.3 Å². The Morgan fingerprint density at radius 3 is 2.38 bits per heavy atom. The van der Waals surface area contributed by atoms with Crippen LogP contribution in [0.1, 0.15) is 6.42 Å². The van der Waals surface area contributed by atoms with E-state index in [4.69, 9.17) is 10.5 Å². The molecular weight excluding hydrogens is 176 g/mol. The summed E-state index contributed by atoms with van der Waals surface area (Å²) >= 11 is 0. The van der Waals surface area contributed by atoms with Crippen LogP contribution in [0.2, 0.25) is 0 Å². The average Bonchev–Trinajstić information content (AvgIpc) is 2.08. The molecule has 2 nitrogen and oxygen atoms in total. The molecule has 0 amide bonds. The fraction of sp³-hybridized carbons (Fsp3) is 0.333. The maximum absolute atomic E-state index is 11.7. The molecule has 2 N–H and O–H groups in total. The molecule has 1 aromatic carbocycles. The Kier molecular flexibility index (Phi) is 3.49. The fourth-order valence-corrected chi connectivity index (χ4v) is 0.830. The third kappa shape index (κ3) is 3.73. The van der Waals surface area contributed by atoms with Gasteiger partial charge in [-0.3, -0.25) is 0 Å². The molecule has 0 radical (unpaired) electrons. The van der Waals surface area contributed by atoms with E-state index in [0.29, 0.717) is 11.4 Å². The highest BCUT2D eigenvalue weighted by atomic mass is 19.3. The van der Waals surface area contributed by atoms with Crippen LogP contribution in [0.25, 0.3) is 0 Å². The van der Waals surface area contributed by atoms with Gasteiger partial charge in [0.25, 0.3) is 0 Å². The first-order valence-electron chi connectivity index (χ1n) is 3.95. The number of anilines is 1. The van der Waals surface area contributed by atoms with Gasteiger partial charge >= 0.3 is 0 Å². The SMILES string of the molecule is Nc1ccc(OCCC(F)F)cc1. The van der Waals surface area contributed by atoms with Crippen LogP contribution in [0.4, 0.5) is 14.5 Å². The highest BCUT2D eigenvalue weighted by molar-refractivity contribution is 5.41. The zero-order valence-corrected chi connectivity index (χ0v) is 7.04. The molecule has 0 spiro atoms. The summed E-state index contributed by atoms with van der Waals surface area (Å²) in [6.45, 7) is 0.0293. The Morgan fingerprint density at radius 2 is 1.85 bits per heavy atom. The van der Waals surface area contributed by atoms with Gasteiger partial charge in [0.1, 0.15) is 5.75 Å². The van der Waals surface area contributed by atoms with Crippen LogP contribution in [0, 0.1) is 0 Å². The predicted octanol–water partition coefficient (Wildman–Crippen LogP) is 2.30. The minimum absolute atomic E-state index is 0.0293. The number of hydrogen-bond donors (Lipinski definition) is 1. The normalized spacial score (nSPS) is 10.4. The Morgan fingerprint density at radius 1 is 1.23 bits per heavy atom. The number of benzene rings is 1. The van der Waals surface area contributed by atoms with Crippen LogP contribution >= 0.6 is 0 Å². The van der Waals surface area contributed by atoms with Crippen molar-refractivity contribution < 1.29 is 13.5 Å². The van der Waals surface area contributed by atoms with Gasteiger partial charge < -0.3 is 10.5 Å². The zero-order chi connectivity index (χ0) is 9.68. The van der Waals surface area contributed by atoms with E-state index in [1.807, 2.05) is 0 Å². The van der Waals surface area contributed by atoms with E-state index >= 15 is 0 Å². The van der Waals surface area contributed by atoms with Gasteiger partial charge in [0.2, 0.25) is 6.43 Å². The van der Waals surface area contributed by atoms with Crippen molar-refractivity contribution in [1.29, 1.82) is 0 Å². The molecule has 0 bridgehead atoms. The predicted molar refractivity (Wildman–Crippen MR) is 47.0 cm³/mol. The van der Waals surface area contributed by atoms with Crippen LogP contribution in [0.15, 0.2) is 24.3 Å². The van der Waals surface area contributed by atoms with Crippen molar-refractivity contribution in [2.24, 2.45) is 0 Å². The fourth-order valence-electron chi connectivity index (χ4n) is 0.830. The molecular formula is C9H11F2NO. The second-order valence-electron chi connectivity index (χ2n) is 2.60. The second kappa shape index (κ2) is 4.64. The Hall–Kier alpha value is -1.32. The van der Waals surface area contributed by atoms with Crippen LogP contribution in [-0.2, 0) is 0 Å². The third-order valence-electron chi connectivity index (χ3n) is 1.48. The Balaban J connectivity index is 2.33. The van der Waals surface area contributed by atoms with Gasteiger partial charge in [0.15, 0.2) is 0 Å². The van der Waals surface area contributed by atoms with E-state index in [9.17, 15) is 8.78 Å². The van der Waals surface area contributed by atoms with Crippen molar-refractivity contribution in [3.8, 4) is 5.75 Å². The number of alkyl halides is 2. The molecule has 0 aliphatic carbocycles. The first-order valence-corrected chi connectivity index (χ1v) is 3.95. The number of nitrogens with two attached hydrogens (primary N) is 1. The summed E-state index contributed by atoms with van der Waals surface area (Å²) < 4.78 is 28.4. The first kappa shape index (κ1) is 9.77. The molecule has 0 fully saturated rings. The van der Waals surface area contributed by atoms with E-state index in [0.717, 1.165) is 0 Å². The van der Waals surface area contributed by atoms with E-state index < -0.39 is 6.43 Å². The molecule has 0 unspecified atom stereocenters. The minimum Gasteiger partial charge on any atom is -0.493 e. The lowest BCUT2D eigenvalue weighted by Crippen LogP contribution is -2.02. The maximum atomic E-state index is 11.7. The van der Waals surface area contributed by atoms with Gasteiger partial charge in [0, 0.05) is 12.1 Å². The summed E-state index contributed by atoms with van der Waals surface area (Å²) in [6, 6.07) is 6.64. The van der Waals surface area contributed by atoms with Gasteiger partial charge in [-0.1, -0.05) is 0 Å². The molecule has 0 saturated carbocycles. The number of halogens is 2. The second-order valence-corrected chi connectivity index (χ2v) is 2.60. The molecule has 1 rings (SSSR count). The molecule has 13 heavy (non-hydrogen) atoms. The van der Waals surface area contributed by atoms with Gasteiger partial charge in [0.05, 0.1) is 6.61 Å². The smallest absolute Gasteiger partial charge is 0.241 e. The summed E-state index contributed by atoms with van der Waals surface area (Å²) in [5.74, 6) is 0.565. The third-order valence-corrected chi connectivity index (χ3v) is 1.48. The monoisotopic (exact) mass is 187 g/mol. The quantitative estimate of drug-likeness (QED) is 0.734. The van der Waals surface area contributed by atoms with Crippen molar-refractivity contribution in [2.75, 3.05) is 12.3 Å². The highest BCUT2D eigenvalue weighted by Gasteiger charge is 2.01. The largest absolute Gasteiger partial charge is 0.493 e. The standard InChI is InChI=1S/C9H11F2NO/c10-9(11)5-6-13-8-3-1-7(12)2-4-8/h1-4,9H,5-6,12H2. The van der Waals surface area contributed by atoms with Crippen LogP contribution in [0.3, 0.4) is 0 Å². The molecule has 72 valence electrons. The Labute approximate surface area is 75.3 Å². The molecule has 0 aromatic heterocycles. The summed E-state index contributed by atoms with van der Waals surface area (Å²) in [5, 5.41) is 0. The zero-order valence-electron chi connectivity index (χ0n) is 7.04. The topological polar surface area (TPSA) is 35.2 Å². The van der Waals surface area contributed by atoms with E-state index in [2.05, 4.69) is 0 Å². The van der Waals surface area contributed by atoms with E-state index in [-0.39, 0.29) is 13.0 Å². The number of ether oxygens (including phenoxy) is 1. The maximum Gasteiger partial charge on any atom is 0.241 e.